The van der Waals surface area contributed by atoms with E-state index in [2.05, 4.69) is 17.9 Å². The van der Waals surface area contributed by atoms with Crippen LogP contribution in [0.5, 0.6) is 5.88 Å². The van der Waals surface area contributed by atoms with Crippen molar-refractivity contribution in [1.29, 1.82) is 0 Å². The molecule has 9 heteroatoms. The lowest BCUT2D eigenvalue weighted by atomic mass is 10.0. The molecule has 0 aliphatic heterocycles. The van der Waals surface area contributed by atoms with Crippen LogP contribution in [0.2, 0.25) is 0 Å². The number of hydrogen-bond donors (Lipinski definition) is 1. The summed E-state index contributed by atoms with van der Waals surface area (Å²) in [5.41, 5.74) is -1.45. The summed E-state index contributed by atoms with van der Waals surface area (Å²) in [5, 5.41) is 3.80. The maximum atomic E-state index is 13.2. The molecule has 0 bridgehead atoms. The number of alkyl halides is 3. The second-order valence-corrected chi connectivity index (χ2v) is 5.56. The Hall–Kier alpha value is -2.16. The molecule has 1 aromatic heterocycles. The maximum absolute atomic E-state index is 13.2. The fraction of sp³-hybridized carbons (Fsp3) is 0.333. The summed E-state index contributed by atoms with van der Waals surface area (Å²) in [5.74, 6) is -0.750. The van der Waals surface area contributed by atoms with Crippen LogP contribution in [0.25, 0.3) is 0 Å². The number of thiol groups is 1. The molecule has 0 unspecified atom stereocenters. The highest BCUT2D eigenvalue weighted by Crippen LogP contribution is 2.34. The molecule has 2 aromatic rings. The molecule has 2 rings (SSSR count). The average molecular weight is 360 g/mol. The van der Waals surface area contributed by atoms with E-state index in [1.165, 1.54) is 18.3 Å². The molecular weight excluding hydrogens is 345 g/mol. The molecule has 0 saturated carbocycles. The van der Waals surface area contributed by atoms with E-state index < -0.39 is 30.4 Å². The third kappa shape index (κ3) is 4.44. The molecule has 0 saturated heterocycles. The van der Waals surface area contributed by atoms with Crippen LogP contribution in [0.1, 0.15) is 35.3 Å². The summed E-state index contributed by atoms with van der Waals surface area (Å²) in [4.78, 5) is 12.1. The predicted molar refractivity (Wildman–Crippen MR) is 82.9 cm³/mol. The highest BCUT2D eigenvalue weighted by atomic mass is 32.1. The normalized spacial score (nSPS) is 11.6. The van der Waals surface area contributed by atoms with Crippen molar-refractivity contribution in [3.8, 4) is 5.88 Å². The third-order valence-corrected chi connectivity index (χ3v) is 3.18. The second kappa shape index (κ2) is 7.16. The van der Waals surface area contributed by atoms with E-state index in [4.69, 9.17) is 9.47 Å². The van der Waals surface area contributed by atoms with Gasteiger partial charge in [0.2, 0.25) is 5.88 Å². The van der Waals surface area contributed by atoms with E-state index in [-0.39, 0.29) is 17.0 Å². The summed E-state index contributed by atoms with van der Waals surface area (Å²) >= 11 is 3.91. The largest absolute Gasteiger partial charge is 0.472 e. The van der Waals surface area contributed by atoms with Crippen LogP contribution >= 0.6 is 12.8 Å². The third-order valence-electron chi connectivity index (χ3n) is 2.96. The first-order valence-corrected chi connectivity index (χ1v) is 7.36. The SMILES string of the molecule is CC(C)OC(=O)c1cccc(C(F)(F)F)c1COc1ccn(S)n1. The molecule has 0 radical (unpaired) electrons. The van der Waals surface area contributed by atoms with Crippen molar-refractivity contribution < 1.29 is 27.4 Å². The molecule has 5 nitrogen and oxygen atoms in total. The van der Waals surface area contributed by atoms with Gasteiger partial charge in [0.15, 0.2) is 0 Å². The fourth-order valence-corrected chi connectivity index (χ4v) is 2.15. The average Bonchev–Trinajstić information content (AvgIpc) is 2.88. The van der Waals surface area contributed by atoms with Crippen LogP contribution in [0.3, 0.4) is 0 Å². The van der Waals surface area contributed by atoms with Crippen molar-refractivity contribution in [3.05, 3.63) is 47.2 Å². The number of halogens is 3. The van der Waals surface area contributed by atoms with Gasteiger partial charge in [0.05, 0.1) is 17.2 Å². The summed E-state index contributed by atoms with van der Waals surface area (Å²) in [7, 11) is 0. The van der Waals surface area contributed by atoms with Crippen molar-refractivity contribution in [3.63, 3.8) is 0 Å². The van der Waals surface area contributed by atoms with Gasteiger partial charge in [0.1, 0.15) is 6.61 Å². The monoisotopic (exact) mass is 360 g/mol. The minimum absolute atomic E-state index is 0.0881. The Kier molecular flexibility index (Phi) is 5.43. The second-order valence-electron chi connectivity index (χ2n) is 5.15. The minimum Gasteiger partial charge on any atom is -0.472 e. The van der Waals surface area contributed by atoms with Crippen LogP contribution in [0, 0.1) is 0 Å². The number of ether oxygens (including phenoxy) is 2. The highest BCUT2D eigenvalue weighted by molar-refractivity contribution is 7.78. The highest BCUT2D eigenvalue weighted by Gasteiger charge is 2.35. The Labute approximate surface area is 141 Å². The first kappa shape index (κ1) is 18.2. The number of hydrogen-bond acceptors (Lipinski definition) is 5. The van der Waals surface area contributed by atoms with Gasteiger partial charge in [-0.2, -0.15) is 13.2 Å². The van der Waals surface area contributed by atoms with E-state index in [1.54, 1.807) is 13.8 Å². The number of carbonyl (C=O) groups is 1. The van der Waals surface area contributed by atoms with Crippen molar-refractivity contribution in [2.45, 2.75) is 32.7 Å². The van der Waals surface area contributed by atoms with Gasteiger partial charge in [-0.05, 0) is 38.8 Å². The molecular formula is C15H15F3N2O3S. The quantitative estimate of drug-likeness (QED) is 0.652. The van der Waals surface area contributed by atoms with Gasteiger partial charge in [-0.3, -0.25) is 0 Å². The Morgan fingerprint density at radius 1 is 1.33 bits per heavy atom. The number of nitrogens with zero attached hydrogens (tertiary/aromatic N) is 2. The summed E-state index contributed by atoms with van der Waals surface area (Å²) in [6.45, 7) is 2.74. The Morgan fingerprint density at radius 2 is 2.04 bits per heavy atom. The number of rotatable bonds is 5. The van der Waals surface area contributed by atoms with E-state index in [1.807, 2.05) is 0 Å². The van der Waals surface area contributed by atoms with Crippen LogP contribution in [0.4, 0.5) is 13.2 Å². The lowest BCUT2D eigenvalue weighted by molar-refractivity contribution is -0.138. The molecule has 0 fully saturated rings. The van der Waals surface area contributed by atoms with Crippen LogP contribution in [-0.2, 0) is 17.5 Å². The maximum Gasteiger partial charge on any atom is 0.416 e. The number of benzene rings is 1. The van der Waals surface area contributed by atoms with Gasteiger partial charge in [-0.15, -0.1) is 5.10 Å². The van der Waals surface area contributed by atoms with Gasteiger partial charge < -0.3 is 9.47 Å². The van der Waals surface area contributed by atoms with Gasteiger partial charge in [-0.1, -0.05) is 6.07 Å². The lowest BCUT2D eigenvalue weighted by Gasteiger charge is -2.17. The molecule has 0 N–H and O–H groups in total. The fourth-order valence-electron chi connectivity index (χ4n) is 2.00. The van der Waals surface area contributed by atoms with Gasteiger partial charge in [0, 0.05) is 17.8 Å². The summed E-state index contributed by atoms with van der Waals surface area (Å²) in [6, 6.07) is 4.76. The van der Waals surface area contributed by atoms with Crippen LogP contribution in [-0.4, -0.2) is 21.3 Å². The topological polar surface area (TPSA) is 53.4 Å². The molecule has 0 spiro atoms. The number of aromatic nitrogens is 2. The van der Waals surface area contributed by atoms with Crippen molar-refractivity contribution in [2.75, 3.05) is 0 Å². The molecule has 1 aromatic carbocycles. The summed E-state index contributed by atoms with van der Waals surface area (Å²) in [6.07, 6.45) is -3.63. The zero-order valence-corrected chi connectivity index (χ0v) is 13.8. The standard InChI is InChI=1S/C15H15F3N2O3S/c1-9(2)23-14(21)10-4-3-5-12(15(16,17)18)11(10)8-22-13-6-7-20(24)19-13/h3-7,9,24H,8H2,1-2H3. The molecule has 130 valence electrons. The van der Waals surface area contributed by atoms with E-state index >= 15 is 0 Å². The molecule has 0 amide bonds. The van der Waals surface area contributed by atoms with E-state index in [0.717, 1.165) is 16.2 Å². The predicted octanol–water partition coefficient (Wildman–Crippen LogP) is 3.74. The minimum atomic E-state index is -4.63. The van der Waals surface area contributed by atoms with Gasteiger partial charge >= 0.3 is 12.1 Å². The van der Waals surface area contributed by atoms with E-state index in [9.17, 15) is 18.0 Å². The van der Waals surface area contributed by atoms with Gasteiger partial charge in [0.25, 0.3) is 0 Å². The Morgan fingerprint density at radius 3 is 2.58 bits per heavy atom. The number of esters is 1. The first-order valence-electron chi connectivity index (χ1n) is 6.96. The zero-order chi connectivity index (χ0) is 17.9. The Bertz CT molecular complexity index is 729. The smallest absolute Gasteiger partial charge is 0.416 e. The lowest BCUT2D eigenvalue weighted by Crippen LogP contribution is -2.19. The van der Waals surface area contributed by atoms with E-state index in [0.29, 0.717) is 0 Å². The van der Waals surface area contributed by atoms with Crippen LogP contribution in [0.15, 0.2) is 30.5 Å². The Balaban J connectivity index is 2.38. The molecule has 0 aliphatic carbocycles. The zero-order valence-electron chi connectivity index (χ0n) is 12.9. The molecule has 0 aliphatic rings. The first-order chi connectivity index (χ1) is 11.2. The van der Waals surface area contributed by atoms with Crippen molar-refractivity contribution >= 4 is 18.8 Å². The molecule has 1 heterocycles. The van der Waals surface area contributed by atoms with Gasteiger partial charge in [-0.25, -0.2) is 8.88 Å². The number of carbonyl (C=O) groups excluding carboxylic acids is 1. The van der Waals surface area contributed by atoms with Crippen LogP contribution < -0.4 is 4.74 Å². The molecule has 24 heavy (non-hydrogen) atoms. The van der Waals surface area contributed by atoms with Crippen molar-refractivity contribution in [2.24, 2.45) is 0 Å². The van der Waals surface area contributed by atoms with Crippen molar-refractivity contribution in [1.82, 2.24) is 9.19 Å². The molecule has 0 atom stereocenters. The summed E-state index contributed by atoms with van der Waals surface area (Å²) < 4.78 is 51.1.